The van der Waals surface area contributed by atoms with Gasteiger partial charge in [-0.15, -0.1) is 0 Å². The number of halogens is 5. The molecule has 1 aliphatic carbocycles. The highest BCUT2D eigenvalue weighted by atomic mass is 127. The van der Waals surface area contributed by atoms with E-state index in [-0.39, 0.29) is 12.3 Å². The molecule has 6 heteroatoms. The first-order valence-corrected chi connectivity index (χ1v) is 5.80. The van der Waals surface area contributed by atoms with Crippen LogP contribution < -0.4 is 5.32 Å². The van der Waals surface area contributed by atoms with E-state index in [0.717, 1.165) is 3.58 Å². The normalized spacial score (nSPS) is 40.7. The van der Waals surface area contributed by atoms with E-state index in [0.29, 0.717) is 0 Å². The fraction of sp³-hybridized carbons (Fsp3) is 0.778. The summed E-state index contributed by atoms with van der Waals surface area (Å²) >= 11 is 1.98. The topological polar surface area (TPSA) is 12.0 Å². The smallest absolute Gasteiger partial charge is 0.384 e. The Morgan fingerprint density at radius 3 is 2.60 bits per heavy atom. The number of nitrogens with one attached hydrogen (secondary N) is 1. The average molecular weight is 335 g/mol. The Labute approximate surface area is 98.4 Å². The molecule has 15 heavy (non-hydrogen) atoms. The Hall–Kier alpha value is -0.0100. The molecule has 0 radical (unpaired) electrons. The van der Waals surface area contributed by atoms with Crippen molar-refractivity contribution in [3.8, 4) is 0 Å². The van der Waals surface area contributed by atoms with Crippen LogP contribution in [0.4, 0.5) is 17.6 Å². The lowest BCUT2D eigenvalue weighted by Gasteiger charge is -2.35. The van der Waals surface area contributed by atoms with Crippen LogP contribution >= 0.6 is 22.6 Å². The van der Waals surface area contributed by atoms with E-state index in [9.17, 15) is 17.6 Å². The summed E-state index contributed by atoms with van der Waals surface area (Å²) in [5.41, 5.74) is 0. The minimum absolute atomic E-state index is 0.0103. The molecule has 86 valence electrons. The van der Waals surface area contributed by atoms with E-state index in [4.69, 9.17) is 0 Å². The molecule has 1 fully saturated rings. The molecule has 0 spiro atoms. The first-order chi connectivity index (χ1) is 6.89. The van der Waals surface area contributed by atoms with Gasteiger partial charge in [-0.3, -0.25) is 0 Å². The van der Waals surface area contributed by atoms with Crippen molar-refractivity contribution in [3.63, 3.8) is 0 Å². The zero-order chi connectivity index (χ0) is 11.2. The molecule has 1 nitrogen and oxygen atoms in total. The molecule has 0 aromatic heterocycles. The van der Waals surface area contributed by atoms with Gasteiger partial charge in [0, 0.05) is 15.7 Å². The molecule has 2 rings (SSSR count). The molecule has 1 N–H and O–H groups in total. The van der Waals surface area contributed by atoms with Crippen molar-refractivity contribution in [3.05, 3.63) is 9.78 Å². The first-order valence-electron chi connectivity index (χ1n) is 4.72. The van der Waals surface area contributed by atoms with Crippen LogP contribution in [0.1, 0.15) is 12.8 Å². The van der Waals surface area contributed by atoms with Crippen molar-refractivity contribution in [2.75, 3.05) is 0 Å². The van der Waals surface area contributed by atoms with Crippen LogP contribution in [0.25, 0.3) is 0 Å². The van der Waals surface area contributed by atoms with E-state index in [1.165, 1.54) is 0 Å². The third kappa shape index (κ3) is 2.09. The SMILES string of the molecule is FC1CC(C(F)(F)F)CC2C(I)=CNC12. The van der Waals surface area contributed by atoms with Gasteiger partial charge in [-0.25, -0.2) is 4.39 Å². The molecule has 0 amide bonds. The molecule has 4 atom stereocenters. The minimum Gasteiger partial charge on any atom is -0.384 e. The molecule has 1 heterocycles. The van der Waals surface area contributed by atoms with Crippen LogP contribution in [0.15, 0.2) is 9.78 Å². The lowest BCUT2D eigenvalue weighted by atomic mass is 9.78. The maximum absolute atomic E-state index is 13.5. The summed E-state index contributed by atoms with van der Waals surface area (Å²) in [5, 5.41) is 2.82. The molecule has 4 unspecified atom stereocenters. The Balaban J connectivity index is 2.14. The third-order valence-electron chi connectivity index (χ3n) is 3.10. The molecule has 1 aliphatic heterocycles. The summed E-state index contributed by atoms with van der Waals surface area (Å²) in [6, 6.07) is -0.449. The Morgan fingerprint density at radius 1 is 1.33 bits per heavy atom. The predicted molar refractivity (Wildman–Crippen MR) is 56.2 cm³/mol. The highest BCUT2D eigenvalue weighted by Crippen LogP contribution is 2.46. The van der Waals surface area contributed by atoms with Crippen molar-refractivity contribution < 1.29 is 17.6 Å². The molecular weight excluding hydrogens is 325 g/mol. The summed E-state index contributed by atoms with van der Waals surface area (Å²) in [7, 11) is 0. The number of rotatable bonds is 0. The van der Waals surface area contributed by atoms with Crippen LogP contribution in [0.3, 0.4) is 0 Å². The maximum Gasteiger partial charge on any atom is 0.391 e. The molecule has 1 saturated carbocycles. The van der Waals surface area contributed by atoms with E-state index in [1.807, 2.05) is 22.6 Å². The quantitative estimate of drug-likeness (QED) is 0.530. The molecule has 0 saturated heterocycles. The average Bonchev–Trinajstić information content (AvgIpc) is 2.47. The van der Waals surface area contributed by atoms with Crippen molar-refractivity contribution in [2.24, 2.45) is 11.8 Å². The van der Waals surface area contributed by atoms with Crippen LogP contribution in [0.2, 0.25) is 0 Å². The Kier molecular flexibility index (Phi) is 2.89. The van der Waals surface area contributed by atoms with Crippen molar-refractivity contribution in [1.29, 1.82) is 0 Å². The summed E-state index contributed by atoms with van der Waals surface area (Å²) < 4.78 is 51.8. The fourth-order valence-electron chi connectivity index (χ4n) is 2.27. The van der Waals surface area contributed by atoms with Crippen LogP contribution in [0, 0.1) is 11.8 Å². The van der Waals surface area contributed by atoms with Gasteiger partial charge in [0.15, 0.2) is 0 Å². The molecule has 2 aliphatic rings. The number of alkyl halides is 4. The van der Waals surface area contributed by atoms with Gasteiger partial charge in [0.1, 0.15) is 6.17 Å². The fourth-order valence-corrected chi connectivity index (χ4v) is 3.10. The van der Waals surface area contributed by atoms with Gasteiger partial charge in [-0.05, 0) is 35.4 Å². The Morgan fingerprint density at radius 2 is 2.00 bits per heavy atom. The van der Waals surface area contributed by atoms with Gasteiger partial charge in [0.05, 0.1) is 12.0 Å². The van der Waals surface area contributed by atoms with Gasteiger partial charge in [-0.2, -0.15) is 13.2 Å². The van der Waals surface area contributed by atoms with Crippen molar-refractivity contribution >= 4 is 22.6 Å². The summed E-state index contributed by atoms with van der Waals surface area (Å²) in [5.74, 6) is -1.80. The summed E-state index contributed by atoms with van der Waals surface area (Å²) in [6.45, 7) is 0. The van der Waals surface area contributed by atoms with E-state index < -0.39 is 30.7 Å². The third-order valence-corrected chi connectivity index (χ3v) is 4.21. The monoisotopic (exact) mass is 335 g/mol. The highest BCUT2D eigenvalue weighted by molar-refractivity contribution is 14.1. The van der Waals surface area contributed by atoms with Crippen LogP contribution in [-0.2, 0) is 0 Å². The molecule has 0 bridgehead atoms. The highest BCUT2D eigenvalue weighted by Gasteiger charge is 2.50. The zero-order valence-corrected chi connectivity index (χ0v) is 9.85. The van der Waals surface area contributed by atoms with E-state index in [1.54, 1.807) is 6.20 Å². The first kappa shape index (κ1) is 11.5. The number of fused-ring (bicyclic) bond motifs is 1. The van der Waals surface area contributed by atoms with Gasteiger partial charge in [-0.1, -0.05) is 0 Å². The van der Waals surface area contributed by atoms with Crippen LogP contribution in [-0.4, -0.2) is 18.4 Å². The van der Waals surface area contributed by atoms with Crippen molar-refractivity contribution in [1.82, 2.24) is 5.32 Å². The lowest BCUT2D eigenvalue weighted by molar-refractivity contribution is -0.190. The molecule has 0 aromatic rings. The van der Waals surface area contributed by atoms with E-state index in [2.05, 4.69) is 5.32 Å². The standard InChI is InChI=1S/C9H10F4IN/c10-6-2-4(9(11,12)13)1-5-7(14)3-15-8(5)6/h3-6,8,15H,1-2H2. The minimum atomic E-state index is -4.27. The second-order valence-electron chi connectivity index (χ2n) is 4.05. The second kappa shape index (κ2) is 3.78. The van der Waals surface area contributed by atoms with Crippen LogP contribution in [0.5, 0.6) is 0 Å². The van der Waals surface area contributed by atoms with Gasteiger partial charge < -0.3 is 5.32 Å². The largest absolute Gasteiger partial charge is 0.391 e. The van der Waals surface area contributed by atoms with E-state index >= 15 is 0 Å². The van der Waals surface area contributed by atoms with Gasteiger partial charge in [0.2, 0.25) is 0 Å². The van der Waals surface area contributed by atoms with Crippen molar-refractivity contribution in [2.45, 2.75) is 31.2 Å². The Bertz CT molecular complexity index is 288. The lowest BCUT2D eigenvalue weighted by Crippen LogP contribution is -2.46. The number of hydrogen-bond donors (Lipinski definition) is 1. The second-order valence-corrected chi connectivity index (χ2v) is 5.30. The molecule has 0 aromatic carbocycles. The summed E-state index contributed by atoms with van der Waals surface area (Å²) in [4.78, 5) is 0. The summed E-state index contributed by atoms with van der Waals surface area (Å²) in [6.07, 6.45) is -4.44. The predicted octanol–water partition coefficient (Wildman–Crippen LogP) is 3.16. The maximum atomic E-state index is 13.5. The molecular formula is C9H10F4IN. The van der Waals surface area contributed by atoms with Gasteiger partial charge in [0.25, 0.3) is 0 Å². The number of hydrogen-bond acceptors (Lipinski definition) is 1. The van der Waals surface area contributed by atoms with Gasteiger partial charge >= 0.3 is 6.18 Å². The zero-order valence-electron chi connectivity index (χ0n) is 7.69.